The molecule has 252 valence electrons. The van der Waals surface area contributed by atoms with E-state index >= 15 is 17.6 Å². The number of aromatic nitrogens is 4. The second-order valence-electron chi connectivity index (χ2n) is 11.9. The molecule has 2 aromatic heterocycles. The summed E-state index contributed by atoms with van der Waals surface area (Å²) in [7, 11) is 0. The Kier molecular flexibility index (Phi) is 9.20. The molecule has 48 heavy (non-hydrogen) atoms. The number of H-pyrrole nitrogens is 1. The highest BCUT2D eigenvalue weighted by molar-refractivity contribution is 7.99. The van der Waals surface area contributed by atoms with Gasteiger partial charge >= 0.3 is 17.8 Å². The maximum absolute atomic E-state index is 15.5. The number of nitrogens with one attached hydrogen (secondary N) is 1. The summed E-state index contributed by atoms with van der Waals surface area (Å²) >= 11 is 7.14. The minimum atomic E-state index is -4.98. The molecule has 0 saturated carbocycles. The molecule has 3 aliphatic rings. The van der Waals surface area contributed by atoms with Crippen molar-refractivity contribution in [3.8, 4) is 0 Å². The molecule has 1 N–H and O–H groups in total. The van der Waals surface area contributed by atoms with Gasteiger partial charge in [-0.25, -0.2) is 18.6 Å². The van der Waals surface area contributed by atoms with E-state index in [9.17, 15) is 14.0 Å². The zero-order valence-corrected chi connectivity index (χ0v) is 27.3. The first-order valence-corrected chi connectivity index (χ1v) is 16.5. The van der Waals surface area contributed by atoms with E-state index in [1.165, 1.54) is 16.8 Å². The third-order valence-corrected chi connectivity index (χ3v) is 10.2. The molecule has 16 heteroatoms. The van der Waals surface area contributed by atoms with Gasteiger partial charge in [0.15, 0.2) is 0 Å². The van der Waals surface area contributed by atoms with Crippen LogP contribution in [0, 0.1) is 5.92 Å². The number of thioether (sulfide) groups is 1. The smallest absolute Gasteiger partial charge is 0.352 e. The van der Waals surface area contributed by atoms with Crippen LogP contribution in [-0.4, -0.2) is 67.9 Å². The van der Waals surface area contributed by atoms with Crippen molar-refractivity contribution >= 4 is 63.7 Å². The first-order chi connectivity index (χ1) is 22.8. The van der Waals surface area contributed by atoms with Crippen LogP contribution < -0.4 is 15.6 Å². The lowest BCUT2D eigenvalue weighted by atomic mass is 9.90. The van der Waals surface area contributed by atoms with Crippen molar-refractivity contribution in [3.05, 3.63) is 76.5 Å². The summed E-state index contributed by atoms with van der Waals surface area (Å²) in [6, 6.07) is 1.78. The zero-order chi connectivity index (χ0) is 34.5. The second kappa shape index (κ2) is 13.1. The van der Waals surface area contributed by atoms with Crippen LogP contribution in [-0.2, 0) is 17.5 Å². The predicted molar refractivity (Wildman–Crippen MR) is 174 cm³/mol. The number of carbonyl (C=O) groups is 1. The fraction of sp³-hybridized carbons (Fsp3) is 0.375. The van der Waals surface area contributed by atoms with E-state index in [4.69, 9.17) is 11.6 Å². The number of piperazine rings is 1. The third-order valence-electron chi connectivity index (χ3n) is 8.55. The monoisotopic (exact) mass is 706 g/mol. The lowest BCUT2D eigenvalue weighted by Crippen LogP contribution is -2.58. The molecular weight excluding hydrogens is 677 g/mol. The SMILES string of the molecule is C=CC(=O)N1[C@H](C)CN(c2nc(=O)n3c4c(c(C5=C(F)C=C(F)C(Cl)C5)c(C(F)(F)F)cc24)SCC(/C=N\c2nccc[nH+]2)C3)C[C@@H]1C. The Morgan fingerprint density at radius 1 is 1.21 bits per heavy atom. The summed E-state index contributed by atoms with van der Waals surface area (Å²) in [6.45, 7) is 7.50. The second-order valence-corrected chi connectivity index (χ2v) is 13.4. The van der Waals surface area contributed by atoms with Gasteiger partial charge < -0.3 is 9.80 Å². The highest BCUT2D eigenvalue weighted by atomic mass is 35.5. The van der Waals surface area contributed by atoms with Crippen LogP contribution in [0.4, 0.5) is 33.7 Å². The molecule has 1 aliphatic carbocycles. The third kappa shape index (κ3) is 6.25. The van der Waals surface area contributed by atoms with Crippen molar-refractivity contribution in [1.82, 2.24) is 19.4 Å². The number of hydrogen-bond donors (Lipinski definition) is 0. The number of amides is 1. The van der Waals surface area contributed by atoms with Crippen LogP contribution in [0.3, 0.4) is 0 Å². The van der Waals surface area contributed by atoms with E-state index in [0.29, 0.717) is 6.08 Å². The molecule has 2 aliphatic heterocycles. The number of carbonyl (C=O) groups excluding carboxylic acids is 1. The number of alkyl halides is 4. The van der Waals surface area contributed by atoms with E-state index in [0.717, 1.165) is 17.8 Å². The minimum absolute atomic E-state index is 0.00631. The first-order valence-electron chi connectivity index (χ1n) is 15.1. The number of aromatic amines is 1. The molecule has 0 radical (unpaired) electrons. The Balaban J connectivity index is 1.60. The Bertz CT molecular complexity index is 1940. The molecule has 0 bridgehead atoms. The molecule has 1 fully saturated rings. The Morgan fingerprint density at radius 3 is 2.58 bits per heavy atom. The Labute approximate surface area is 280 Å². The van der Waals surface area contributed by atoms with Gasteiger partial charge in [0.05, 0.1) is 28.9 Å². The minimum Gasteiger partial charge on any atom is -0.352 e. The van der Waals surface area contributed by atoms with Gasteiger partial charge in [-0.2, -0.15) is 18.2 Å². The fourth-order valence-electron chi connectivity index (χ4n) is 6.53. The lowest BCUT2D eigenvalue weighted by molar-refractivity contribution is -0.366. The molecule has 3 aromatic rings. The number of rotatable bonds is 5. The summed E-state index contributed by atoms with van der Waals surface area (Å²) < 4.78 is 76.2. The normalized spacial score (nSPS) is 23.5. The van der Waals surface area contributed by atoms with Crippen molar-refractivity contribution in [2.45, 2.75) is 55.3 Å². The standard InChI is InChI=1S/C32H29ClF5N7O2S/c1-4-25(46)45-16(2)12-43(13-17(45)3)29-20-8-21(32(36,37)38)26(19-9-22(33)24(35)10-23(19)34)28-27(20)44(31(47)42-29)14-18(15-48-28)11-41-30-39-6-5-7-40-30/h4-8,10-11,16-18,22H,1,9,12-15H2,2-3H3/p+1/b41-11-/t16-,17+,18?,22?. The Morgan fingerprint density at radius 2 is 1.94 bits per heavy atom. The first kappa shape index (κ1) is 33.8. The van der Waals surface area contributed by atoms with Gasteiger partial charge in [-0.15, -0.1) is 23.4 Å². The summed E-state index contributed by atoms with van der Waals surface area (Å²) in [5.41, 5.74) is -2.63. The molecule has 1 aromatic carbocycles. The Hall–Kier alpha value is -4.11. The highest BCUT2D eigenvalue weighted by Gasteiger charge is 2.41. The fourth-order valence-corrected chi connectivity index (χ4v) is 8.05. The number of halogens is 6. The summed E-state index contributed by atoms with van der Waals surface area (Å²) in [4.78, 5) is 45.5. The van der Waals surface area contributed by atoms with Gasteiger partial charge in [-0.05, 0) is 38.0 Å². The van der Waals surface area contributed by atoms with Gasteiger partial charge in [0, 0.05) is 71.4 Å². The number of nitrogens with zero attached hydrogens (tertiary/aromatic N) is 6. The number of aliphatic imine (C=N–C) groups is 1. The van der Waals surface area contributed by atoms with Crippen LogP contribution >= 0.6 is 23.4 Å². The van der Waals surface area contributed by atoms with E-state index < -0.39 is 70.0 Å². The van der Waals surface area contributed by atoms with Crippen LogP contribution in [0.25, 0.3) is 16.5 Å². The van der Waals surface area contributed by atoms with E-state index in [1.54, 1.807) is 42.1 Å². The molecular formula is C32H30ClF5N7O2S+. The molecule has 2 unspecified atom stereocenters. The molecule has 0 spiro atoms. The van der Waals surface area contributed by atoms with E-state index in [1.807, 2.05) is 0 Å². The van der Waals surface area contributed by atoms with Crippen molar-refractivity contribution in [1.29, 1.82) is 0 Å². The van der Waals surface area contributed by atoms with Crippen molar-refractivity contribution in [3.63, 3.8) is 0 Å². The summed E-state index contributed by atoms with van der Waals surface area (Å²) in [6.07, 6.45) is 0.907. The lowest BCUT2D eigenvalue weighted by Gasteiger charge is -2.44. The molecule has 4 heterocycles. The number of allylic oxidation sites excluding steroid dienone is 4. The number of hydrogen-bond acceptors (Lipinski definition) is 7. The van der Waals surface area contributed by atoms with Crippen molar-refractivity contribution < 1.29 is 31.7 Å². The molecule has 1 saturated heterocycles. The summed E-state index contributed by atoms with van der Waals surface area (Å²) in [5.74, 6) is -2.48. The molecule has 4 atom stereocenters. The highest BCUT2D eigenvalue weighted by Crippen LogP contribution is 2.50. The maximum Gasteiger partial charge on any atom is 0.429 e. The number of anilines is 1. The average Bonchev–Trinajstić information content (AvgIpc) is 3.23. The summed E-state index contributed by atoms with van der Waals surface area (Å²) in [5, 5.41) is -1.34. The van der Waals surface area contributed by atoms with Gasteiger partial charge in [0.25, 0.3) is 0 Å². The van der Waals surface area contributed by atoms with Crippen molar-refractivity contribution in [2.75, 3.05) is 23.7 Å². The van der Waals surface area contributed by atoms with Gasteiger partial charge in [0.1, 0.15) is 23.7 Å². The molecule has 6 rings (SSSR count). The zero-order valence-electron chi connectivity index (χ0n) is 25.8. The quantitative estimate of drug-likeness (QED) is 0.142. The molecule has 1 amide bonds. The van der Waals surface area contributed by atoms with Gasteiger partial charge in [0.2, 0.25) is 5.91 Å². The van der Waals surface area contributed by atoms with E-state index in [2.05, 4.69) is 26.5 Å². The van der Waals surface area contributed by atoms with Crippen LogP contribution in [0.2, 0.25) is 0 Å². The van der Waals surface area contributed by atoms with Crippen LogP contribution in [0.1, 0.15) is 31.4 Å². The van der Waals surface area contributed by atoms with Crippen LogP contribution in [0.5, 0.6) is 0 Å². The predicted octanol–water partition coefficient (Wildman–Crippen LogP) is 5.91. The largest absolute Gasteiger partial charge is 0.429 e. The van der Waals surface area contributed by atoms with Crippen LogP contribution in [0.15, 0.2) is 69.6 Å². The maximum atomic E-state index is 15.5. The van der Waals surface area contributed by atoms with Gasteiger partial charge in [-0.3, -0.25) is 9.36 Å². The van der Waals surface area contributed by atoms with Gasteiger partial charge in [-0.1, -0.05) is 16.6 Å². The molecule has 9 nitrogen and oxygen atoms in total. The van der Waals surface area contributed by atoms with Crippen molar-refractivity contribution in [2.24, 2.45) is 10.9 Å². The average molecular weight is 707 g/mol. The topological polar surface area (TPSA) is 97.8 Å². The van der Waals surface area contributed by atoms with E-state index in [-0.39, 0.29) is 58.9 Å². The number of benzene rings is 1.